The molecule has 2 aromatic rings. The number of methoxy groups -OCH3 is 1. The summed E-state index contributed by atoms with van der Waals surface area (Å²) in [5, 5.41) is 7.53. The standard InChI is InChI=1S/C12H14BrNOS2/c1-14-11(5-10-3-8(13)6-16-10)12-4-9(15-2)7-17-12/h3-4,6-7,11,14H,5H2,1-2H3. The van der Waals surface area contributed by atoms with Crippen molar-refractivity contribution >= 4 is 38.6 Å². The van der Waals surface area contributed by atoms with Crippen molar-refractivity contribution < 1.29 is 4.74 Å². The van der Waals surface area contributed by atoms with Crippen LogP contribution in [0.4, 0.5) is 0 Å². The van der Waals surface area contributed by atoms with Crippen LogP contribution in [-0.4, -0.2) is 14.2 Å². The normalized spacial score (nSPS) is 12.6. The summed E-state index contributed by atoms with van der Waals surface area (Å²) in [6.07, 6.45) is 1.01. The van der Waals surface area contributed by atoms with Crippen LogP contribution in [0.1, 0.15) is 15.8 Å². The van der Waals surface area contributed by atoms with Gasteiger partial charge in [0.1, 0.15) is 5.75 Å². The lowest BCUT2D eigenvalue weighted by Crippen LogP contribution is -2.17. The smallest absolute Gasteiger partial charge is 0.129 e. The maximum Gasteiger partial charge on any atom is 0.129 e. The first-order valence-corrected chi connectivity index (χ1v) is 7.80. The highest BCUT2D eigenvalue weighted by molar-refractivity contribution is 9.10. The highest BCUT2D eigenvalue weighted by atomic mass is 79.9. The number of likely N-dealkylation sites (N-methyl/N-ethyl adjacent to an activating group) is 1. The molecule has 1 N–H and O–H groups in total. The van der Waals surface area contributed by atoms with Gasteiger partial charge in [-0.25, -0.2) is 0 Å². The van der Waals surface area contributed by atoms with Crippen molar-refractivity contribution in [1.82, 2.24) is 5.32 Å². The maximum absolute atomic E-state index is 5.22. The molecule has 0 spiro atoms. The van der Waals surface area contributed by atoms with E-state index in [1.807, 2.05) is 12.4 Å². The van der Waals surface area contributed by atoms with Gasteiger partial charge in [-0.2, -0.15) is 0 Å². The molecular formula is C12H14BrNOS2. The van der Waals surface area contributed by atoms with Gasteiger partial charge in [-0.05, 0) is 35.1 Å². The summed E-state index contributed by atoms with van der Waals surface area (Å²) in [6, 6.07) is 4.64. The van der Waals surface area contributed by atoms with E-state index in [2.05, 4.69) is 38.8 Å². The fourth-order valence-corrected chi connectivity index (χ4v) is 4.10. The molecule has 1 atom stereocenters. The van der Waals surface area contributed by atoms with E-state index < -0.39 is 0 Å². The van der Waals surface area contributed by atoms with E-state index in [0.29, 0.717) is 6.04 Å². The van der Waals surface area contributed by atoms with E-state index >= 15 is 0 Å². The monoisotopic (exact) mass is 331 g/mol. The predicted molar refractivity (Wildman–Crippen MR) is 78.4 cm³/mol. The minimum Gasteiger partial charge on any atom is -0.496 e. The molecule has 2 aromatic heterocycles. The van der Waals surface area contributed by atoms with Gasteiger partial charge < -0.3 is 10.1 Å². The van der Waals surface area contributed by atoms with Crippen LogP contribution in [0, 0.1) is 0 Å². The third kappa shape index (κ3) is 3.31. The van der Waals surface area contributed by atoms with Crippen LogP contribution in [0.25, 0.3) is 0 Å². The number of halogens is 1. The van der Waals surface area contributed by atoms with Crippen LogP contribution in [-0.2, 0) is 6.42 Å². The molecule has 0 fully saturated rings. The Kier molecular flexibility index (Phi) is 4.62. The van der Waals surface area contributed by atoms with Crippen LogP contribution >= 0.6 is 38.6 Å². The van der Waals surface area contributed by atoms with Gasteiger partial charge in [0.05, 0.1) is 7.11 Å². The van der Waals surface area contributed by atoms with Gasteiger partial charge in [0.25, 0.3) is 0 Å². The predicted octanol–water partition coefficient (Wildman–Crippen LogP) is 4.08. The summed E-state index contributed by atoms with van der Waals surface area (Å²) in [6.45, 7) is 0. The third-order valence-electron chi connectivity index (χ3n) is 2.55. The number of rotatable bonds is 5. The first kappa shape index (κ1) is 13.1. The van der Waals surface area contributed by atoms with Crippen molar-refractivity contribution in [3.63, 3.8) is 0 Å². The number of hydrogen-bond acceptors (Lipinski definition) is 4. The zero-order valence-corrected chi connectivity index (χ0v) is 12.9. The van der Waals surface area contributed by atoms with Crippen molar-refractivity contribution in [1.29, 1.82) is 0 Å². The van der Waals surface area contributed by atoms with Gasteiger partial charge in [-0.15, -0.1) is 22.7 Å². The molecule has 1 unspecified atom stereocenters. The van der Waals surface area contributed by atoms with Gasteiger partial charge in [0.2, 0.25) is 0 Å². The summed E-state index contributed by atoms with van der Waals surface area (Å²) in [5.74, 6) is 0.942. The lowest BCUT2D eigenvalue weighted by Gasteiger charge is -2.12. The molecule has 0 aliphatic heterocycles. The summed E-state index contributed by atoms with van der Waals surface area (Å²) < 4.78 is 6.38. The van der Waals surface area contributed by atoms with Crippen LogP contribution in [0.15, 0.2) is 27.4 Å². The Morgan fingerprint density at radius 2 is 2.18 bits per heavy atom. The van der Waals surface area contributed by atoms with E-state index in [4.69, 9.17) is 4.74 Å². The van der Waals surface area contributed by atoms with Gasteiger partial charge in [0.15, 0.2) is 0 Å². The zero-order chi connectivity index (χ0) is 12.3. The van der Waals surface area contributed by atoms with E-state index in [-0.39, 0.29) is 0 Å². The highest BCUT2D eigenvalue weighted by Gasteiger charge is 2.14. The second-order valence-corrected chi connectivity index (χ2v) is 6.52. The topological polar surface area (TPSA) is 21.3 Å². The number of hydrogen-bond donors (Lipinski definition) is 1. The van der Waals surface area contributed by atoms with Crippen molar-refractivity contribution in [2.24, 2.45) is 0 Å². The van der Waals surface area contributed by atoms with Crippen molar-refractivity contribution in [2.45, 2.75) is 12.5 Å². The van der Waals surface area contributed by atoms with Crippen LogP contribution in [0.3, 0.4) is 0 Å². The molecule has 92 valence electrons. The SMILES string of the molecule is CNC(Cc1cc(Br)cs1)c1cc(OC)cs1. The van der Waals surface area contributed by atoms with E-state index in [9.17, 15) is 0 Å². The maximum atomic E-state index is 5.22. The Hall–Kier alpha value is -0.360. The van der Waals surface area contributed by atoms with Crippen LogP contribution < -0.4 is 10.1 Å². The van der Waals surface area contributed by atoms with E-state index in [1.54, 1.807) is 29.8 Å². The lowest BCUT2D eigenvalue weighted by molar-refractivity contribution is 0.416. The third-order valence-corrected chi connectivity index (χ3v) is 5.29. The molecular weight excluding hydrogens is 318 g/mol. The molecule has 17 heavy (non-hydrogen) atoms. The molecule has 0 amide bonds. The molecule has 5 heteroatoms. The van der Waals surface area contributed by atoms with E-state index in [0.717, 1.165) is 16.6 Å². The van der Waals surface area contributed by atoms with Crippen molar-refractivity contribution in [3.8, 4) is 5.75 Å². The van der Waals surface area contributed by atoms with Crippen molar-refractivity contribution in [2.75, 3.05) is 14.2 Å². The van der Waals surface area contributed by atoms with Gasteiger partial charge in [0, 0.05) is 37.4 Å². The second kappa shape index (κ2) is 6.00. The lowest BCUT2D eigenvalue weighted by atomic mass is 10.1. The number of ether oxygens (including phenoxy) is 1. The molecule has 0 saturated heterocycles. The Bertz CT molecular complexity index is 480. The first-order chi connectivity index (χ1) is 8.22. The van der Waals surface area contributed by atoms with Gasteiger partial charge in [-0.1, -0.05) is 0 Å². The number of nitrogens with one attached hydrogen (secondary N) is 1. The molecule has 0 aliphatic rings. The van der Waals surface area contributed by atoms with Gasteiger partial charge >= 0.3 is 0 Å². The Morgan fingerprint density at radius 3 is 2.71 bits per heavy atom. The Balaban J connectivity index is 2.10. The first-order valence-electron chi connectivity index (χ1n) is 5.25. The summed E-state index contributed by atoms with van der Waals surface area (Å²) in [4.78, 5) is 2.69. The Morgan fingerprint density at radius 1 is 1.35 bits per heavy atom. The largest absolute Gasteiger partial charge is 0.496 e. The average Bonchev–Trinajstić information content (AvgIpc) is 2.94. The molecule has 0 saturated carbocycles. The number of thiophene rings is 2. The van der Waals surface area contributed by atoms with Crippen LogP contribution in [0.5, 0.6) is 5.75 Å². The summed E-state index contributed by atoms with van der Waals surface area (Å²) in [5.41, 5.74) is 0. The molecule has 0 aromatic carbocycles. The fourth-order valence-electron chi connectivity index (χ4n) is 1.63. The summed E-state index contributed by atoms with van der Waals surface area (Å²) >= 11 is 7.01. The molecule has 0 bridgehead atoms. The minimum absolute atomic E-state index is 0.356. The highest BCUT2D eigenvalue weighted by Crippen LogP contribution is 2.30. The zero-order valence-electron chi connectivity index (χ0n) is 9.70. The molecule has 0 aliphatic carbocycles. The quantitative estimate of drug-likeness (QED) is 0.891. The van der Waals surface area contributed by atoms with Gasteiger partial charge in [-0.3, -0.25) is 0 Å². The molecule has 0 radical (unpaired) electrons. The van der Waals surface area contributed by atoms with E-state index in [1.165, 1.54) is 9.75 Å². The second-order valence-electron chi connectivity index (χ2n) is 3.67. The summed E-state index contributed by atoms with van der Waals surface area (Å²) in [7, 11) is 3.70. The molecule has 2 nitrogen and oxygen atoms in total. The van der Waals surface area contributed by atoms with Crippen molar-refractivity contribution in [3.05, 3.63) is 37.1 Å². The Labute approximate surface area is 118 Å². The molecule has 2 rings (SSSR count). The minimum atomic E-state index is 0.356. The molecule has 2 heterocycles. The fraction of sp³-hybridized carbons (Fsp3) is 0.333. The average molecular weight is 332 g/mol. The van der Waals surface area contributed by atoms with Crippen LogP contribution in [0.2, 0.25) is 0 Å².